The fourth-order valence-corrected chi connectivity index (χ4v) is 3.17. The Kier molecular flexibility index (Phi) is 5.15. The van der Waals surface area contributed by atoms with E-state index < -0.39 is 0 Å². The Labute approximate surface area is 146 Å². The van der Waals surface area contributed by atoms with E-state index in [1.54, 1.807) is 18.2 Å². The van der Waals surface area contributed by atoms with Crippen LogP contribution in [0.1, 0.15) is 29.6 Å². The summed E-state index contributed by atoms with van der Waals surface area (Å²) in [6, 6.07) is 11.1. The highest BCUT2D eigenvalue weighted by Gasteiger charge is 2.25. The molecule has 24 heavy (non-hydrogen) atoms. The molecule has 1 saturated heterocycles. The van der Waals surface area contributed by atoms with Crippen LogP contribution in [-0.2, 0) is 0 Å². The molecule has 6 nitrogen and oxygen atoms in total. The average molecular weight is 346 g/mol. The van der Waals surface area contributed by atoms with Gasteiger partial charge in [-0.25, -0.2) is 4.98 Å². The van der Waals surface area contributed by atoms with E-state index in [1.807, 2.05) is 18.2 Å². The predicted molar refractivity (Wildman–Crippen MR) is 95.2 cm³/mol. The number of nitrogens with two attached hydrogens (primary N) is 1. The van der Waals surface area contributed by atoms with Crippen LogP contribution >= 0.6 is 11.6 Å². The third-order valence-electron chi connectivity index (χ3n) is 4.15. The van der Waals surface area contributed by atoms with Crippen LogP contribution in [0.2, 0.25) is 5.15 Å². The van der Waals surface area contributed by atoms with Crippen LogP contribution in [0.15, 0.2) is 36.4 Å². The number of hydrogen-bond acceptors (Lipinski definition) is 5. The van der Waals surface area contributed by atoms with Gasteiger partial charge in [-0.05, 0) is 31.4 Å². The molecule has 126 valence electrons. The minimum atomic E-state index is -0.0682. The molecule has 0 saturated carbocycles. The first kappa shape index (κ1) is 16.5. The van der Waals surface area contributed by atoms with Gasteiger partial charge in [-0.3, -0.25) is 4.79 Å². The van der Waals surface area contributed by atoms with Crippen LogP contribution in [-0.4, -0.2) is 35.0 Å². The molecule has 1 atom stereocenters. The summed E-state index contributed by atoms with van der Waals surface area (Å²) in [5.41, 5.74) is 6.37. The lowest BCUT2D eigenvalue weighted by atomic mass is 10.0. The number of amides is 1. The normalized spacial score (nSPS) is 17.5. The zero-order valence-corrected chi connectivity index (χ0v) is 14.0. The van der Waals surface area contributed by atoms with Gasteiger partial charge in [0.25, 0.3) is 5.91 Å². The first-order valence-electron chi connectivity index (χ1n) is 8.03. The highest BCUT2D eigenvalue weighted by atomic mass is 35.5. The van der Waals surface area contributed by atoms with Gasteiger partial charge in [0, 0.05) is 30.8 Å². The van der Waals surface area contributed by atoms with Gasteiger partial charge >= 0.3 is 0 Å². The molecular formula is C17H20ClN5O. The van der Waals surface area contributed by atoms with E-state index in [4.69, 9.17) is 17.3 Å². The SMILES string of the molecule is Nc1nc(Cl)cc(N2CCCCC2CNC(=O)c2ccccc2)n1. The third-order valence-corrected chi connectivity index (χ3v) is 4.35. The van der Waals surface area contributed by atoms with E-state index in [0.717, 1.165) is 25.8 Å². The van der Waals surface area contributed by atoms with Gasteiger partial charge in [0.05, 0.1) is 0 Å². The van der Waals surface area contributed by atoms with E-state index in [1.165, 1.54) is 0 Å². The largest absolute Gasteiger partial charge is 0.368 e. The van der Waals surface area contributed by atoms with Gasteiger partial charge < -0.3 is 16.0 Å². The third kappa shape index (κ3) is 3.94. The Morgan fingerprint density at radius 2 is 2.08 bits per heavy atom. The standard InChI is InChI=1S/C17H20ClN5O/c18-14-10-15(22-17(19)21-14)23-9-5-4-8-13(23)11-20-16(24)12-6-2-1-3-7-12/h1-3,6-7,10,13H,4-5,8-9,11H2,(H,20,24)(H2,19,21,22). The average Bonchev–Trinajstić information content (AvgIpc) is 2.60. The second-order valence-corrected chi connectivity index (χ2v) is 6.21. The van der Waals surface area contributed by atoms with Crippen molar-refractivity contribution in [3.8, 4) is 0 Å². The topological polar surface area (TPSA) is 84.1 Å². The minimum absolute atomic E-state index is 0.0682. The number of nitrogen functional groups attached to an aromatic ring is 1. The summed E-state index contributed by atoms with van der Waals surface area (Å²) < 4.78 is 0. The van der Waals surface area contributed by atoms with E-state index in [0.29, 0.717) is 23.1 Å². The summed E-state index contributed by atoms with van der Waals surface area (Å²) in [6.07, 6.45) is 3.18. The molecule has 1 fully saturated rings. The van der Waals surface area contributed by atoms with Crippen LogP contribution in [0.5, 0.6) is 0 Å². The summed E-state index contributed by atoms with van der Waals surface area (Å²) in [5.74, 6) is 0.808. The second-order valence-electron chi connectivity index (χ2n) is 5.83. The van der Waals surface area contributed by atoms with Gasteiger partial charge in [0.15, 0.2) is 0 Å². The van der Waals surface area contributed by atoms with E-state index in [2.05, 4.69) is 20.2 Å². The molecule has 1 amide bonds. The summed E-state index contributed by atoms with van der Waals surface area (Å²) >= 11 is 6.00. The predicted octanol–water partition coefficient (Wildman–Crippen LogP) is 2.50. The summed E-state index contributed by atoms with van der Waals surface area (Å²) in [5, 5.41) is 3.34. The lowest BCUT2D eigenvalue weighted by Crippen LogP contribution is -2.47. The Balaban J connectivity index is 1.69. The van der Waals surface area contributed by atoms with Gasteiger partial charge in [-0.2, -0.15) is 4.98 Å². The number of carbonyl (C=O) groups is 1. The lowest BCUT2D eigenvalue weighted by Gasteiger charge is -2.36. The number of nitrogens with zero attached hydrogens (tertiary/aromatic N) is 3. The van der Waals surface area contributed by atoms with Crippen molar-refractivity contribution in [1.29, 1.82) is 0 Å². The summed E-state index contributed by atoms with van der Waals surface area (Å²) in [7, 11) is 0. The maximum atomic E-state index is 12.2. The molecule has 3 N–H and O–H groups in total. The Morgan fingerprint density at radius 1 is 1.29 bits per heavy atom. The molecule has 0 bridgehead atoms. The number of carbonyl (C=O) groups excluding carboxylic acids is 1. The molecule has 2 aromatic rings. The number of halogens is 1. The monoisotopic (exact) mass is 345 g/mol. The molecule has 1 aromatic carbocycles. The molecule has 1 aliphatic rings. The maximum absolute atomic E-state index is 12.2. The number of piperidine rings is 1. The number of benzene rings is 1. The Morgan fingerprint density at radius 3 is 2.83 bits per heavy atom. The number of aromatic nitrogens is 2. The molecule has 3 rings (SSSR count). The number of rotatable bonds is 4. The number of hydrogen-bond donors (Lipinski definition) is 2. The Bertz CT molecular complexity index is 689. The van der Waals surface area contributed by atoms with Gasteiger partial charge in [-0.1, -0.05) is 29.8 Å². The van der Waals surface area contributed by atoms with Crippen molar-refractivity contribution in [3.63, 3.8) is 0 Å². The number of anilines is 2. The molecular weight excluding hydrogens is 326 g/mol. The molecule has 2 heterocycles. The van der Waals surface area contributed by atoms with Crippen LogP contribution in [0, 0.1) is 0 Å². The zero-order valence-electron chi connectivity index (χ0n) is 13.3. The van der Waals surface area contributed by atoms with Crippen molar-refractivity contribution in [3.05, 3.63) is 47.1 Å². The van der Waals surface area contributed by atoms with Gasteiger partial charge in [0.2, 0.25) is 5.95 Å². The smallest absolute Gasteiger partial charge is 0.251 e. The van der Waals surface area contributed by atoms with Crippen molar-refractivity contribution >= 4 is 29.3 Å². The van der Waals surface area contributed by atoms with Gasteiger partial charge in [-0.15, -0.1) is 0 Å². The highest BCUT2D eigenvalue weighted by Crippen LogP contribution is 2.25. The van der Waals surface area contributed by atoms with E-state index >= 15 is 0 Å². The molecule has 1 unspecified atom stereocenters. The van der Waals surface area contributed by atoms with Gasteiger partial charge in [0.1, 0.15) is 11.0 Å². The quantitative estimate of drug-likeness (QED) is 0.832. The van der Waals surface area contributed by atoms with Crippen molar-refractivity contribution < 1.29 is 4.79 Å². The van der Waals surface area contributed by atoms with Crippen LogP contribution in [0.25, 0.3) is 0 Å². The van der Waals surface area contributed by atoms with Crippen LogP contribution in [0.4, 0.5) is 11.8 Å². The molecule has 0 radical (unpaired) electrons. The highest BCUT2D eigenvalue weighted by molar-refractivity contribution is 6.29. The summed E-state index contributed by atoms with van der Waals surface area (Å²) in [6.45, 7) is 1.41. The van der Waals surface area contributed by atoms with Crippen molar-refractivity contribution in [2.45, 2.75) is 25.3 Å². The molecule has 1 aromatic heterocycles. The maximum Gasteiger partial charge on any atom is 0.251 e. The Hall–Kier alpha value is -2.34. The first-order chi connectivity index (χ1) is 11.6. The molecule has 7 heteroatoms. The lowest BCUT2D eigenvalue weighted by molar-refractivity contribution is 0.0949. The number of nitrogens with one attached hydrogen (secondary N) is 1. The van der Waals surface area contributed by atoms with E-state index in [-0.39, 0.29) is 17.9 Å². The molecule has 0 spiro atoms. The fourth-order valence-electron chi connectivity index (χ4n) is 2.99. The second kappa shape index (κ2) is 7.49. The fraction of sp³-hybridized carbons (Fsp3) is 0.353. The van der Waals surface area contributed by atoms with E-state index in [9.17, 15) is 4.79 Å². The van der Waals surface area contributed by atoms with Crippen molar-refractivity contribution in [1.82, 2.24) is 15.3 Å². The van der Waals surface area contributed by atoms with Crippen molar-refractivity contribution in [2.24, 2.45) is 0 Å². The first-order valence-corrected chi connectivity index (χ1v) is 8.41. The van der Waals surface area contributed by atoms with Crippen LogP contribution in [0.3, 0.4) is 0 Å². The molecule has 1 aliphatic heterocycles. The van der Waals surface area contributed by atoms with Crippen LogP contribution < -0.4 is 16.0 Å². The summed E-state index contributed by atoms with van der Waals surface area (Å²) in [4.78, 5) is 22.6. The molecule has 0 aliphatic carbocycles. The minimum Gasteiger partial charge on any atom is -0.368 e. The zero-order chi connectivity index (χ0) is 16.9. The van der Waals surface area contributed by atoms with Crippen molar-refractivity contribution in [2.75, 3.05) is 23.7 Å².